The zero-order valence-corrected chi connectivity index (χ0v) is 12.4. The summed E-state index contributed by atoms with van der Waals surface area (Å²) in [5.74, 6) is -1.01. The van der Waals surface area contributed by atoms with E-state index < -0.39 is 11.4 Å². The normalized spacial score (nSPS) is 22.1. The Labute approximate surface area is 123 Å². The van der Waals surface area contributed by atoms with Gasteiger partial charge in [-0.05, 0) is 31.4 Å². The number of rotatable bonds is 3. The second kappa shape index (κ2) is 5.44. The third-order valence-electron chi connectivity index (χ3n) is 4.19. The molecule has 1 aliphatic heterocycles. The van der Waals surface area contributed by atoms with Gasteiger partial charge in [-0.15, -0.1) is 0 Å². The maximum atomic E-state index is 12.5. The fourth-order valence-corrected chi connectivity index (χ4v) is 2.85. The van der Waals surface area contributed by atoms with Gasteiger partial charge >= 0.3 is 5.97 Å². The molecule has 5 heteroatoms. The Balaban J connectivity index is 2.24. The average Bonchev–Trinajstić information content (AvgIpc) is 2.87. The van der Waals surface area contributed by atoms with Gasteiger partial charge in [0.05, 0.1) is 16.0 Å². The lowest BCUT2D eigenvalue weighted by Gasteiger charge is -2.23. The first-order valence-corrected chi connectivity index (χ1v) is 7.07. The Morgan fingerprint density at radius 2 is 2.15 bits per heavy atom. The van der Waals surface area contributed by atoms with E-state index in [1.807, 2.05) is 19.9 Å². The molecule has 2 rings (SSSR count). The number of likely N-dealkylation sites (tertiary alicyclic amines) is 1. The smallest absolute Gasteiger partial charge is 0.311 e. The number of carboxylic acid groups (broad SMARTS) is 1. The monoisotopic (exact) mass is 295 g/mol. The van der Waals surface area contributed by atoms with Crippen LogP contribution in [-0.2, 0) is 4.79 Å². The second-order valence-corrected chi connectivity index (χ2v) is 5.73. The third kappa shape index (κ3) is 2.40. The minimum Gasteiger partial charge on any atom is -0.481 e. The topological polar surface area (TPSA) is 57.6 Å². The van der Waals surface area contributed by atoms with Gasteiger partial charge in [0.1, 0.15) is 0 Å². The van der Waals surface area contributed by atoms with E-state index in [1.54, 1.807) is 17.0 Å². The van der Waals surface area contributed by atoms with Crippen molar-refractivity contribution in [3.63, 3.8) is 0 Å². The van der Waals surface area contributed by atoms with Crippen LogP contribution in [0.3, 0.4) is 0 Å². The molecule has 108 valence electrons. The van der Waals surface area contributed by atoms with Crippen LogP contribution in [-0.4, -0.2) is 35.0 Å². The zero-order chi connectivity index (χ0) is 14.9. The van der Waals surface area contributed by atoms with Crippen LogP contribution in [0.25, 0.3) is 0 Å². The first-order valence-electron chi connectivity index (χ1n) is 6.69. The lowest BCUT2D eigenvalue weighted by molar-refractivity contribution is -0.148. The molecule has 0 spiro atoms. The molecule has 0 bridgehead atoms. The van der Waals surface area contributed by atoms with Crippen LogP contribution in [0.5, 0.6) is 0 Å². The molecule has 0 saturated carbocycles. The van der Waals surface area contributed by atoms with Gasteiger partial charge < -0.3 is 10.0 Å². The van der Waals surface area contributed by atoms with Crippen molar-refractivity contribution in [2.24, 2.45) is 5.41 Å². The molecule has 1 unspecified atom stereocenters. The van der Waals surface area contributed by atoms with Gasteiger partial charge in [-0.1, -0.05) is 30.7 Å². The molecule has 1 amide bonds. The molecular weight excluding hydrogens is 278 g/mol. The molecule has 1 aromatic carbocycles. The van der Waals surface area contributed by atoms with Crippen molar-refractivity contribution >= 4 is 23.5 Å². The molecule has 20 heavy (non-hydrogen) atoms. The summed E-state index contributed by atoms with van der Waals surface area (Å²) < 4.78 is 0. The summed E-state index contributed by atoms with van der Waals surface area (Å²) in [5.41, 5.74) is 0.479. The van der Waals surface area contributed by atoms with Crippen LogP contribution in [0.4, 0.5) is 0 Å². The number of nitrogens with zero attached hydrogens (tertiary/aromatic N) is 1. The van der Waals surface area contributed by atoms with E-state index in [0.717, 1.165) is 5.56 Å². The van der Waals surface area contributed by atoms with E-state index in [0.29, 0.717) is 30.0 Å². The number of hydrogen-bond acceptors (Lipinski definition) is 2. The number of halogens is 1. The van der Waals surface area contributed by atoms with Crippen molar-refractivity contribution in [1.82, 2.24) is 4.90 Å². The molecule has 0 aromatic heterocycles. The standard InChI is InChI=1S/C15H18ClNO3/c1-3-15(14(19)20)7-8-17(9-15)13(18)11-6-4-5-10(2)12(11)16/h4-6H,3,7-9H2,1-2H3,(H,19,20). The zero-order valence-electron chi connectivity index (χ0n) is 11.6. The van der Waals surface area contributed by atoms with Crippen molar-refractivity contribution in [3.05, 3.63) is 34.3 Å². The number of aliphatic carboxylic acids is 1. The predicted octanol–water partition coefficient (Wildman–Crippen LogP) is 2.98. The number of amides is 1. The Hall–Kier alpha value is -1.55. The van der Waals surface area contributed by atoms with Gasteiger partial charge in [-0.3, -0.25) is 9.59 Å². The maximum absolute atomic E-state index is 12.5. The van der Waals surface area contributed by atoms with Gasteiger partial charge in [0, 0.05) is 13.1 Å². The highest BCUT2D eigenvalue weighted by Crippen LogP contribution is 2.35. The Morgan fingerprint density at radius 3 is 2.70 bits per heavy atom. The third-order valence-corrected chi connectivity index (χ3v) is 4.70. The summed E-state index contributed by atoms with van der Waals surface area (Å²) in [5, 5.41) is 9.81. The fourth-order valence-electron chi connectivity index (χ4n) is 2.64. The molecule has 1 N–H and O–H groups in total. The van der Waals surface area contributed by atoms with E-state index >= 15 is 0 Å². The molecule has 4 nitrogen and oxygen atoms in total. The van der Waals surface area contributed by atoms with Crippen LogP contribution in [0.2, 0.25) is 5.02 Å². The number of benzene rings is 1. The van der Waals surface area contributed by atoms with E-state index in [4.69, 9.17) is 11.6 Å². The Bertz CT molecular complexity index is 558. The van der Waals surface area contributed by atoms with Crippen molar-refractivity contribution in [2.45, 2.75) is 26.7 Å². The SMILES string of the molecule is CCC1(C(=O)O)CCN(C(=O)c2cccc(C)c2Cl)C1. The summed E-state index contributed by atoms with van der Waals surface area (Å²) in [4.78, 5) is 25.5. The minimum atomic E-state index is -0.828. The van der Waals surface area contributed by atoms with Gasteiger partial charge in [0.25, 0.3) is 5.91 Å². The lowest BCUT2D eigenvalue weighted by Crippen LogP contribution is -2.36. The van der Waals surface area contributed by atoms with Crippen LogP contribution >= 0.6 is 11.6 Å². The number of hydrogen-bond donors (Lipinski definition) is 1. The van der Waals surface area contributed by atoms with Gasteiger partial charge in [-0.2, -0.15) is 0 Å². The van der Waals surface area contributed by atoms with E-state index in [2.05, 4.69) is 0 Å². The van der Waals surface area contributed by atoms with Gasteiger partial charge in [0.15, 0.2) is 0 Å². The van der Waals surface area contributed by atoms with Crippen LogP contribution in [0, 0.1) is 12.3 Å². The van der Waals surface area contributed by atoms with E-state index in [9.17, 15) is 14.7 Å². The van der Waals surface area contributed by atoms with E-state index in [1.165, 1.54) is 0 Å². The fraction of sp³-hybridized carbons (Fsp3) is 0.467. The summed E-state index contributed by atoms with van der Waals surface area (Å²) in [6, 6.07) is 5.32. The average molecular weight is 296 g/mol. The molecule has 1 saturated heterocycles. The first-order chi connectivity index (χ1) is 9.41. The number of aryl methyl sites for hydroxylation is 1. The second-order valence-electron chi connectivity index (χ2n) is 5.35. The summed E-state index contributed by atoms with van der Waals surface area (Å²) >= 11 is 6.17. The molecule has 1 aliphatic rings. The van der Waals surface area contributed by atoms with Crippen molar-refractivity contribution < 1.29 is 14.7 Å². The minimum absolute atomic E-state index is 0.185. The molecule has 1 aromatic rings. The molecule has 1 atom stereocenters. The van der Waals surface area contributed by atoms with Crippen LogP contribution in [0.15, 0.2) is 18.2 Å². The summed E-state index contributed by atoms with van der Waals surface area (Å²) in [6.07, 6.45) is 1.02. The highest BCUT2D eigenvalue weighted by atomic mass is 35.5. The van der Waals surface area contributed by atoms with Crippen molar-refractivity contribution in [3.8, 4) is 0 Å². The number of carboxylic acids is 1. The van der Waals surface area contributed by atoms with Crippen molar-refractivity contribution in [2.75, 3.05) is 13.1 Å². The highest BCUT2D eigenvalue weighted by molar-refractivity contribution is 6.34. The largest absolute Gasteiger partial charge is 0.481 e. The Kier molecular flexibility index (Phi) is 4.04. The maximum Gasteiger partial charge on any atom is 0.311 e. The van der Waals surface area contributed by atoms with E-state index in [-0.39, 0.29) is 12.5 Å². The molecule has 0 aliphatic carbocycles. The van der Waals surface area contributed by atoms with Crippen LogP contribution < -0.4 is 0 Å². The summed E-state index contributed by atoms with van der Waals surface area (Å²) in [6.45, 7) is 4.41. The predicted molar refractivity (Wildman–Crippen MR) is 77.1 cm³/mol. The Morgan fingerprint density at radius 1 is 1.45 bits per heavy atom. The first kappa shape index (κ1) is 14.9. The summed E-state index contributed by atoms with van der Waals surface area (Å²) in [7, 11) is 0. The number of carbonyl (C=O) groups excluding carboxylic acids is 1. The van der Waals surface area contributed by atoms with Crippen LogP contribution in [0.1, 0.15) is 35.7 Å². The molecular formula is C15H18ClNO3. The van der Waals surface area contributed by atoms with Crippen molar-refractivity contribution in [1.29, 1.82) is 0 Å². The van der Waals surface area contributed by atoms with Gasteiger partial charge in [0.2, 0.25) is 0 Å². The molecule has 0 radical (unpaired) electrons. The quantitative estimate of drug-likeness (QED) is 0.932. The highest BCUT2D eigenvalue weighted by Gasteiger charge is 2.45. The molecule has 1 fully saturated rings. The molecule has 1 heterocycles. The van der Waals surface area contributed by atoms with Gasteiger partial charge in [-0.25, -0.2) is 0 Å². The lowest BCUT2D eigenvalue weighted by atomic mass is 9.84. The number of carbonyl (C=O) groups is 2.